The zero-order valence-electron chi connectivity index (χ0n) is 18.2. The van der Waals surface area contributed by atoms with Gasteiger partial charge < -0.3 is 10.2 Å². The normalized spacial score (nSPS) is 24.4. The Morgan fingerprint density at radius 1 is 0.643 bits per heavy atom. The van der Waals surface area contributed by atoms with Crippen molar-refractivity contribution in [3.8, 4) is 0 Å². The molecule has 0 aliphatic heterocycles. The number of hydrogen-bond acceptors (Lipinski definition) is 2. The smallest absolute Gasteiger partial charge is 0.311 e. The van der Waals surface area contributed by atoms with Gasteiger partial charge in [-0.3, -0.25) is 9.59 Å². The number of hydrogen-bond donors (Lipinski definition) is 2. The Morgan fingerprint density at radius 3 is 1.29 bits per heavy atom. The number of allylic oxidation sites excluding steroid dienone is 2. The molecular formula is C24H42O4. The number of carboxylic acids is 2. The van der Waals surface area contributed by atoms with E-state index in [1.807, 2.05) is 12.2 Å². The van der Waals surface area contributed by atoms with E-state index in [0.29, 0.717) is 25.7 Å². The van der Waals surface area contributed by atoms with Crippen LogP contribution in [0.1, 0.15) is 117 Å². The SMILES string of the molecule is CCCCCCCCC1(C(=O)O)CC=CCC1(CCCCCCCC)C(=O)O. The average molecular weight is 395 g/mol. The molecule has 0 aromatic rings. The fraction of sp³-hybridized carbons (Fsp3) is 0.833. The Labute approximate surface area is 171 Å². The van der Waals surface area contributed by atoms with E-state index in [0.717, 1.165) is 38.5 Å². The van der Waals surface area contributed by atoms with Crippen LogP contribution in [0.2, 0.25) is 0 Å². The first-order valence-electron chi connectivity index (χ1n) is 11.6. The van der Waals surface area contributed by atoms with E-state index in [-0.39, 0.29) is 0 Å². The molecule has 4 heteroatoms. The van der Waals surface area contributed by atoms with Crippen molar-refractivity contribution in [1.29, 1.82) is 0 Å². The summed E-state index contributed by atoms with van der Waals surface area (Å²) >= 11 is 0. The molecule has 1 rings (SSSR count). The molecule has 0 fully saturated rings. The topological polar surface area (TPSA) is 74.6 Å². The lowest BCUT2D eigenvalue weighted by Crippen LogP contribution is -2.53. The third-order valence-corrected chi connectivity index (χ3v) is 6.75. The maximum Gasteiger partial charge on any atom is 0.311 e. The van der Waals surface area contributed by atoms with Gasteiger partial charge in [-0.25, -0.2) is 0 Å². The van der Waals surface area contributed by atoms with Crippen LogP contribution in [0.3, 0.4) is 0 Å². The lowest BCUT2D eigenvalue weighted by atomic mass is 9.54. The van der Waals surface area contributed by atoms with Crippen molar-refractivity contribution in [3.05, 3.63) is 12.2 Å². The lowest BCUT2D eigenvalue weighted by Gasteiger charge is -2.47. The average Bonchev–Trinajstić information content (AvgIpc) is 2.67. The predicted molar refractivity (Wildman–Crippen MR) is 114 cm³/mol. The molecule has 4 nitrogen and oxygen atoms in total. The summed E-state index contributed by atoms with van der Waals surface area (Å²) in [7, 11) is 0. The number of aliphatic carboxylic acids is 2. The molecule has 0 spiro atoms. The van der Waals surface area contributed by atoms with Gasteiger partial charge in [-0.2, -0.15) is 0 Å². The molecule has 0 bridgehead atoms. The van der Waals surface area contributed by atoms with Gasteiger partial charge in [0.05, 0.1) is 10.8 Å². The molecule has 0 radical (unpaired) electrons. The molecule has 2 unspecified atom stereocenters. The van der Waals surface area contributed by atoms with E-state index < -0.39 is 22.8 Å². The van der Waals surface area contributed by atoms with E-state index in [9.17, 15) is 19.8 Å². The molecular weight excluding hydrogens is 352 g/mol. The zero-order valence-corrected chi connectivity index (χ0v) is 18.2. The fourth-order valence-electron chi connectivity index (χ4n) is 4.85. The Hall–Kier alpha value is -1.32. The highest BCUT2D eigenvalue weighted by atomic mass is 16.4. The fourth-order valence-corrected chi connectivity index (χ4v) is 4.85. The Kier molecular flexibility index (Phi) is 11.5. The molecule has 1 aliphatic rings. The van der Waals surface area contributed by atoms with E-state index >= 15 is 0 Å². The summed E-state index contributed by atoms with van der Waals surface area (Å²) in [4.78, 5) is 24.9. The Balaban J connectivity index is 2.84. The van der Waals surface area contributed by atoms with Crippen molar-refractivity contribution in [3.63, 3.8) is 0 Å². The molecule has 1 aliphatic carbocycles. The molecule has 0 amide bonds. The highest BCUT2D eigenvalue weighted by molar-refractivity contribution is 5.87. The van der Waals surface area contributed by atoms with Crippen LogP contribution in [0.5, 0.6) is 0 Å². The summed E-state index contributed by atoms with van der Waals surface area (Å²) in [5.41, 5.74) is -2.33. The summed E-state index contributed by atoms with van der Waals surface area (Å²) < 4.78 is 0. The molecule has 2 N–H and O–H groups in total. The van der Waals surface area contributed by atoms with Gasteiger partial charge in [0.2, 0.25) is 0 Å². The van der Waals surface area contributed by atoms with Gasteiger partial charge in [-0.15, -0.1) is 0 Å². The second kappa shape index (κ2) is 13.0. The van der Waals surface area contributed by atoms with E-state index in [1.54, 1.807) is 0 Å². The Morgan fingerprint density at radius 2 is 0.964 bits per heavy atom. The minimum atomic E-state index is -1.16. The van der Waals surface area contributed by atoms with Crippen LogP contribution in [-0.4, -0.2) is 22.2 Å². The highest BCUT2D eigenvalue weighted by Crippen LogP contribution is 2.55. The van der Waals surface area contributed by atoms with E-state index in [2.05, 4.69) is 13.8 Å². The van der Waals surface area contributed by atoms with E-state index in [4.69, 9.17) is 0 Å². The summed E-state index contributed by atoms with van der Waals surface area (Å²) in [6.07, 6.45) is 18.4. The van der Waals surface area contributed by atoms with Gasteiger partial charge in [-0.05, 0) is 25.7 Å². The largest absolute Gasteiger partial charge is 0.481 e. The van der Waals surface area contributed by atoms with Crippen molar-refractivity contribution in [1.82, 2.24) is 0 Å². The van der Waals surface area contributed by atoms with Gasteiger partial charge in [0, 0.05) is 0 Å². The van der Waals surface area contributed by atoms with Crippen molar-refractivity contribution in [2.24, 2.45) is 10.8 Å². The highest BCUT2D eigenvalue weighted by Gasteiger charge is 2.60. The van der Waals surface area contributed by atoms with Crippen molar-refractivity contribution < 1.29 is 19.8 Å². The van der Waals surface area contributed by atoms with Gasteiger partial charge >= 0.3 is 11.9 Å². The number of carboxylic acid groups (broad SMARTS) is 2. The van der Waals surface area contributed by atoms with E-state index in [1.165, 1.54) is 38.5 Å². The summed E-state index contributed by atoms with van der Waals surface area (Å²) in [5.74, 6) is -1.84. The molecule has 0 saturated heterocycles. The van der Waals surface area contributed by atoms with Gasteiger partial charge in [0.1, 0.15) is 0 Å². The third kappa shape index (κ3) is 6.35. The maximum absolute atomic E-state index is 12.4. The monoisotopic (exact) mass is 394 g/mol. The van der Waals surface area contributed by atoms with Crippen molar-refractivity contribution >= 4 is 11.9 Å². The molecule has 0 aromatic carbocycles. The minimum Gasteiger partial charge on any atom is -0.481 e. The first-order valence-corrected chi connectivity index (χ1v) is 11.6. The molecule has 28 heavy (non-hydrogen) atoms. The minimum absolute atomic E-state index is 0.347. The van der Waals surface area contributed by atoms with Gasteiger partial charge in [0.15, 0.2) is 0 Å². The predicted octanol–water partition coefficient (Wildman–Crippen LogP) is 6.98. The first-order chi connectivity index (χ1) is 13.5. The first kappa shape index (κ1) is 24.7. The molecule has 0 saturated carbocycles. The van der Waals surface area contributed by atoms with Crippen LogP contribution in [0.15, 0.2) is 12.2 Å². The lowest BCUT2D eigenvalue weighted by molar-refractivity contribution is -0.177. The summed E-state index contributed by atoms with van der Waals surface area (Å²) in [5, 5.41) is 20.4. The molecule has 162 valence electrons. The number of rotatable bonds is 16. The Bertz CT molecular complexity index is 455. The number of carbonyl (C=O) groups is 2. The quantitative estimate of drug-likeness (QED) is 0.219. The molecule has 2 atom stereocenters. The van der Waals surface area contributed by atoms with Crippen LogP contribution in [0.25, 0.3) is 0 Å². The van der Waals surface area contributed by atoms with Gasteiger partial charge in [0.25, 0.3) is 0 Å². The second-order valence-electron chi connectivity index (χ2n) is 8.69. The maximum atomic E-state index is 12.4. The summed E-state index contributed by atoms with van der Waals surface area (Å²) in [6, 6.07) is 0. The van der Waals surface area contributed by atoms with Crippen LogP contribution in [-0.2, 0) is 9.59 Å². The van der Waals surface area contributed by atoms with Crippen molar-refractivity contribution in [2.45, 2.75) is 117 Å². The van der Waals surface area contributed by atoms with Crippen LogP contribution in [0.4, 0.5) is 0 Å². The van der Waals surface area contributed by atoms with Crippen LogP contribution < -0.4 is 0 Å². The third-order valence-electron chi connectivity index (χ3n) is 6.75. The summed E-state index contributed by atoms with van der Waals surface area (Å²) in [6.45, 7) is 4.36. The number of unbranched alkanes of at least 4 members (excludes halogenated alkanes) is 10. The molecule has 0 aromatic heterocycles. The van der Waals surface area contributed by atoms with Gasteiger partial charge in [-0.1, -0.05) is 103 Å². The molecule has 0 heterocycles. The zero-order chi connectivity index (χ0) is 20.9. The van der Waals surface area contributed by atoms with Crippen LogP contribution in [0, 0.1) is 10.8 Å². The van der Waals surface area contributed by atoms with Crippen LogP contribution >= 0.6 is 0 Å². The standard InChI is InChI=1S/C24H42O4/c1-3-5-7-9-11-13-17-23(21(25)26)19-15-16-20-24(23,22(27)28)18-14-12-10-8-6-4-2/h15-16H,3-14,17-20H2,1-2H3,(H,25,26)(H,27,28). The van der Waals surface area contributed by atoms with Crippen molar-refractivity contribution in [2.75, 3.05) is 0 Å². The second-order valence-corrected chi connectivity index (χ2v) is 8.69.